The summed E-state index contributed by atoms with van der Waals surface area (Å²) in [5, 5.41) is 12.4. The summed E-state index contributed by atoms with van der Waals surface area (Å²) in [5.41, 5.74) is 4.58. The first-order valence-corrected chi connectivity index (χ1v) is 5.59. The third-order valence-electron chi connectivity index (χ3n) is 2.67. The van der Waals surface area contributed by atoms with Gasteiger partial charge in [0.05, 0.1) is 17.7 Å². The Labute approximate surface area is 108 Å². The van der Waals surface area contributed by atoms with Gasteiger partial charge in [-0.2, -0.15) is 13.2 Å². The summed E-state index contributed by atoms with van der Waals surface area (Å²) in [6.45, 7) is 1.55. The van der Waals surface area contributed by atoms with E-state index in [1.807, 2.05) is 0 Å². The van der Waals surface area contributed by atoms with Crippen LogP contribution < -0.4 is 11.1 Å². The monoisotopic (exact) mass is 276 g/mol. The Morgan fingerprint density at radius 3 is 2.32 bits per heavy atom. The van der Waals surface area contributed by atoms with E-state index in [2.05, 4.69) is 5.32 Å². The fraction of sp³-hybridized carbons (Fsp3) is 0.417. The summed E-state index contributed by atoms with van der Waals surface area (Å²) in [5.74, 6) is -0.570. The molecule has 7 heteroatoms. The lowest BCUT2D eigenvalue weighted by atomic mass is 10.1. The first kappa shape index (κ1) is 15.5. The van der Waals surface area contributed by atoms with Crippen LogP contribution in [-0.2, 0) is 11.0 Å². The molecule has 0 aromatic heterocycles. The highest BCUT2D eigenvalue weighted by atomic mass is 19.4. The van der Waals surface area contributed by atoms with E-state index in [9.17, 15) is 23.1 Å². The van der Waals surface area contributed by atoms with E-state index in [0.29, 0.717) is 5.56 Å². The molecule has 1 rings (SSSR count). The zero-order valence-corrected chi connectivity index (χ0v) is 10.2. The second-order valence-corrected chi connectivity index (χ2v) is 4.17. The second-order valence-electron chi connectivity index (χ2n) is 4.17. The average Bonchev–Trinajstić information content (AvgIpc) is 2.34. The Morgan fingerprint density at radius 1 is 1.37 bits per heavy atom. The van der Waals surface area contributed by atoms with Gasteiger partial charge in [0.1, 0.15) is 0 Å². The summed E-state index contributed by atoms with van der Waals surface area (Å²) >= 11 is 0. The minimum absolute atomic E-state index is 0.0233. The highest BCUT2D eigenvalue weighted by Gasteiger charge is 2.30. The van der Waals surface area contributed by atoms with E-state index < -0.39 is 29.8 Å². The minimum Gasteiger partial charge on any atom is -0.387 e. The number of carbonyl (C=O) groups is 1. The van der Waals surface area contributed by atoms with Gasteiger partial charge in [-0.1, -0.05) is 12.1 Å². The van der Waals surface area contributed by atoms with Gasteiger partial charge in [0.25, 0.3) is 0 Å². The van der Waals surface area contributed by atoms with Crippen LogP contribution in [0.4, 0.5) is 13.2 Å². The molecule has 4 N–H and O–H groups in total. The Kier molecular flexibility index (Phi) is 4.90. The molecule has 2 unspecified atom stereocenters. The van der Waals surface area contributed by atoms with Crippen molar-refractivity contribution < 1.29 is 23.1 Å². The Balaban J connectivity index is 2.63. The third-order valence-corrected chi connectivity index (χ3v) is 2.67. The Bertz CT molecular complexity index is 432. The SMILES string of the molecule is CC(NCC(O)c1ccc(C(F)(F)F)cc1)C(N)=O. The molecule has 0 spiro atoms. The molecular weight excluding hydrogens is 261 g/mol. The number of aliphatic hydroxyl groups is 1. The number of nitrogens with two attached hydrogens (primary N) is 1. The van der Waals surface area contributed by atoms with Gasteiger partial charge in [-0.25, -0.2) is 0 Å². The van der Waals surface area contributed by atoms with Gasteiger partial charge in [0.15, 0.2) is 0 Å². The van der Waals surface area contributed by atoms with Gasteiger partial charge < -0.3 is 16.2 Å². The molecule has 0 fully saturated rings. The van der Waals surface area contributed by atoms with Crippen molar-refractivity contribution in [3.05, 3.63) is 35.4 Å². The fourth-order valence-corrected chi connectivity index (χ4v) is 1.40. The van der Waals surface area contributed by atoms with Crippen molar-refractivity contribution in [2.75, 3.05) is 6.54 Å². The highest BCUT2D eigenvalue weighted by molar-refractivity contribution is 5.79. The van der Waals surface area contributed by atoms with Gasteiger partial charge in [-0.15, -0.1) is 0 Å². The predicted molar refractivity (Wildman–Crippen MR) is 63.1 cm³/mol. The van der Waals surface area contributed by atoms with Crippen LogP contribution in [0.5, 0.6) is 0 Å². The maximum Gasteiger partial charge on any atom is 0.416 e. The number of hydrogen-bond donors (Lipinski definition) is 3. The second kappa shape index (κ2) is 6.03. The normalized spacial score (nSPS) is 15.0. The van der Waals surface area contributed by atoms with Gasteiger partial charge in [-0.3, -0.25) is 4.79 Å². The lowest BCUT2D eigenvalue weighted by molar-refractivity contribution is -0.137. The van der Waals surface area contributed by atoms with E-state index >= 15 is 0 Å². The van der Waals surface area contributed by atoms with E-state index in [4.69, 9.17) is 5.73 Å². The number of halogens is 3. The quantitative estimate of drug-likeness (QED) is 0.756. The summed E-state index contributed by atoms with van der Waals surface area (Å²) in [6, 6.07) is 3.57. The van der Waals surface area contributed by atoms with E-state index in [1.54, 1.807) is 0 Å². The van der Waals surface area contributed by atoms with Gasteiger partial charge >= 0.3 is 6.18 Å². The van der Waals surface area contributed by atoms with Crippen LogP contribution in [-0.4, -0.2) is 23.6 Å². The van der Waals surface area contributed by atoms with Crippen LogP contribution in [0.25, 0.3) is 0 Å². The number of alkyl halides is 3. The predicted octanol–water partition coefficient (Wildman–Crippen LogP) is 1.20. The summed E-state index contributed by atoms with van der Waals surface area (Å²) in [4.78, 5) is 10.8. The molecule has 0 aliphatic carbocycles. The molecule has 0 aliphatic heterocycles. The van der Waals surface area contributed by atoms with Gasteiger partial charge in [0.2, 0.25) is 5.91 Å². The van der Waals surface area contributed by atoms with Crippen LogP contribution in [0.3, 0.4) is 0 Å². The first-order valence-electron chi connectivity index (χ1n) is 5.59. The smallest absolute Gasteiger partial charge is 0.387 e. The molecule has 1 amide bonds. The first-order chi connectivity index (χ1) is 8.71. The van der Waals surface area contributed by atoms with Gasteiger partial charge in [0, 0.05) is 6.54 Å². The zero-order chi connectivity index (χ0) is 14.6. The standard InChI is InChI=1S/C12H15F3N2O2/c1-7(11(16)19)17-6-10(18)8-2-4-9(5-3-8)12(13,14)15/h2-5,7,10,17-18H,6H2,1H3,(H2,16,19). The zero-order valence-electron chi connectivity index (χ0n) is 10.2. The molecule has 2 atom stereocenters. The molecule has 4 nitrogen and oxygen atoms in total. The van der Waals surface area contributed by atoms with E-state index in [0.717, 1.165) is 12.1 Å². The summed E-state index contributed by atoms with van der Waals surface area (Å²) in [6.07, 6.45) is -5.41. The lowest BCUT2D eigenvalue weighted by Gasteiger charge is -2.16. The number of amides is 1. The number of benzene rings is 1. The molecule has 0 bridgehead atoms. The third kappa shape index (κ3) is 4.53. The minimum atomic E-state index is -4.40. The van der Waals surface area contributed by atoms with Crippen molar-refractivity contribution in [1.29, 1.82) is 0 Å². The highest BCUT2D eigenvalue weighted by Crippen LogP contribution is 2.29. The molecule has 19 heavy (non-hydrogen) atoms. The molecule has 1 aromatic rings. The molecule has 1 aromatic carbocycles. The maximum atomic E-state index is 12.3. The molecule has 106 valence electrons. The maximum absolute atomic E-state index is 12.3. The molecule has 0 aliphatic rings. The van der Waals surface area contributed by atoms with Crippen LogP contribution in [0.15, 0.2) is 24.3 Å². The fourth-order valence-electron chi connectivity index (χ4n) is 1.40. The van der Waals surface area contributed by atoms with E-state index in [1.165, 1.54) is 19.1 Å². The van der Waals surface area contributed by atoms with Crippen molar-refractivity contribution in [3.63, 3.8) is 0 Å². The van der Waals surface area contributed by atoms with Crippen LogP contribution >= 0.6 is 0 Å². The van der Waals surface area contributed by atoms with Crippen molar-refractivity contribution in [2.24, 2.45) is 5.73 Å². The van der Waals surface area contributed by atoms with Crippen molar-refractivity contribution in [3.8, 4) is 0 Å². The number of hydrogen-bond acceptors (Lipinski definition) is 3. The van der Waals surface area contributed by atoms with Crippen molar-refractivity contribution in [1.82, 2.24) is 5.32 Å². The Hall–Kier alpha value is -1.60. The largest absolute Gasteiger partial charge is 0.416 e. The topological polar surface area (TPSA) is 75.3 Å². The van der Waals surface area contributed by atoms with Gasteiger partial charge in [-0.05, 0) is 24.6 Å². The number of aliphatic hydroxyl groups excluding tert-OH is 1. The number of rotatable bonds is 5. The molecular formula is C12H15F3N2O2. The van der Waals surface area contributed by atoms with Crippen LogP contribution in [0, 0.1) is 0 Å². The van der Waals surface area contributed by atoms with Crippen LogP contribution in [0.1, 0.15) is 24.2 Å². The lowest BCUT2D eigenvalue weighted by Crippen LogP contribution is -2.40. The Morgan fingerprint density at radius 2 is 1.89 bits per heavy atom. The van der Waals surface area contributed by atoms with Crippen molar-refractivity contribution in [2.45, 2.75) is 25.2 Å². The van der Waals surface area contributed by atoms with E-state index in [-0.39, 0.29) is 6.54 Å². The molecule has 0 saturated heterocycles. The van der Waals surface area contributed by atoms with Crippen molar-refractivity contribution >= 4 is 5.91 Å². The molecule has 0 radical (unpaired) electrons. The van der Waals surface area contributed by atoms with Crippen LogP contribution in [0.2, 0.25) is 0 Å². The molecule has 0 saturated carbocycles. The molecule has 0 heterocycles. The number of carbonyl (C=O) groups excluding carboxylic acids is 1. The summed E-state index contributed by atoms with van der Waals surface area (Å²) in [7, 11) is 0. The average molecular weight is 276 g/mol. The number of primary amides is 1. The number of nitrogens with one attached hydrogen (secondary N) is 1. The summed E-state index contributed by atoms with van der Waals surface area (Å²) < 4.78 is 37.0.